The van der Waals surface area contributed by atoms with Crippen LogP contribution in [0.2, 0.25) is 0 Å². The zero-order valence-electron chi connectivity index (χ0n) is 9.58. The highest BCUT2D eigenvalue weighted by atomic mass is 15.3. The van der Waals surface area contributed by atoms with Crippen LogP contribution in [0.3, 0.4) is 0 Å². The van der Waals surface area contributed by atoms with Gasteiger partial charge in [-0.3, -0.25) is 4.68 Å². The second-order valence-corrected chi connectivity index (χ2v) is 4.44. The number of nitrogens with zero attached hydrogens (tertiary/aromatic N) is 2. The summed E-state index contributed by atoms with van der Waals surface area (Å²) in [6, 6.07) is 0.841. The average molecular weight is 207 g/mol. The Hall–Kier alpha value is -0.830. The maximum atomic E-state index is 4.33. The predicted molar refractivity (Wildman–Crippen MR) is 61.9 cm³/mol. The molecule has 15 heavy (non-hydrogen) atoms. The summed E-state index contributed by atoms with van der Waals surface area (Å²) in [4.78, 5) is 0. The van der Waals surface area contributed by atoms with Gasteiger partial charge in [-0.2, -0.15) is 5.10 Å². The first kappa shape index (κ1) is 10.7. The topological polar surface area (TPSA) is 29.9 Å². The fourth-order valence-corrected chi connectivity index (χ4v) is 1.77. The molecule has 0 radical (unpaired) electrons. The predicted octanol–water partition coefficient (Wildman–Crippen LogP) is 1.98. The maximum Gasteiger partial charge on any atom is 0.0521 e. The minimum atomic E-state index is 0.841. The molecule has 2 rings (SSSR count). The van der Waals surface area contributed by atoms with Crippen LogP contribution in [0.5, 0.6) is 0 Å². The number of rotatable bonds is 7. The van der Waals surface area contributed by atoms with Crippen LogP contribution in [0.4, 0.5) is 0 Å². The fraction of sp³-hybridized carbons (Fsp3) is 0.750. The van der Waals surface area contributed by atoms with E-state index in [0.29, 0.717) is 0 Å². The molecule has 1 fully saturated rings. The number of hydrogen-bond donors (Lipinski definition) is 1. The first-order valence-corrected chi connectivity index (χ1v) is 6.13. The minimum absolute atomic E-state index is 0.841. The maximum absolute atomic E-state index is 4.33. The van der Waals surface area contributed by atoms with Crippen LogP contribution in [0, 0.1) is 0 Å². The third-order valence-electron chi connectivity index (χ3n) is 2.79. The second kappa shape index (κ2) is 5.31. The Kier molecular flexibility index (Phi) is 3.78. The van der Waals surface area contributed by atoms with Crippen molar-refractivity contribution < 1.29 is 0 Å². The zero-order chi connectivity index (χ0) is 10.5. The van der Waals surface area contributed by atoms with Crippen molar-refractivity contribution in [1.82, 2.24) is 15.1 Å². The molecule has 1 N–H and O–H groups in total. The molecule has 1 saturated carbocycles. The summed E-state index contributed by atoms with van der Waals surface area (Å²) in [7, 11) is 0. The Morgan fingerprint density at radius 2 is 2.40 bits per heavy atom. The molecule has 0 bridgehead atoms. The Morgan fingerprint density at radius 3 is 3.13 bits per heavy atom. The van der Waals surface area contributed by atoms with Crippen molar-refractivity contribution >= 4 is 0 Å². The molecular formula is C12H21N3. The van der Waals surface area contributed by atoms with Crippen LogP contribution >= 0.6 is 0 Å². The lowest BCUT2D eigenvalue weighted by atomic mass is 10.2. The molecule has 0 amide bonds. The Balaban J connectivity index is 1.63. The molecule has 3 nitrogen and oxygen atoms in total. The summed E-state index contributed by atoms with van der Waals surface area (Å²) >= 11 is 0. The summed E-state index contributed by atoms with van der Waals surface area (Å²) in [6.45, 7) is 4.38. The molecule has 1 heterocycles. The van der Waals surface area contributed by atoms with E-state index in [2.05, 4.69) is 23.5 Å². The van der Waals surface area contributed by atoms with Gasteiger partial charge in [0.15, 0.2) is 0 Å². The van der Waals surface area contributed by atoms with Crippen molar-refractivity contribution in [3.05, 3.63) is 18.0 Å². The van der Waals surface area contributed by atoms with Crippen molar-refractivity contribution in [2.45, 2.75) is 51.6 Å². The number of nitrogens with one attached hydrogen (secondary N) is 1. The molecule has 0 unspecified atom stereocenters. The molecule has 1 aliphatic rings. The van der Waals surface area contributed by atoms with Gasteiger partial charge >= 0.3 is 0 Å². The van der Waals surface area contributed by atoms with Gasteiger partial charge in [-0.25, -0.2) is 0 Å². The lowest BCUT2D eigenvalue weighted by Crippen LogP contribution is -2.17. The summed E-state index contributed by atoms with van der Waals surface area (Å²) in [5.41, 5.74) is 1.38. The van der Waals surface area contributed by atoms with E-state index in [1.54, 1.807) is 0 Å². The largest absolute Gasteiger partial charge is 0.314 e. The normalized spacial score (nSPS) is 15.8. The van der Waals surface area contributed by atoms with Crippen molar-refractivity contribution in [1.29, 1.82) is 0 Å². The third-order valence-corrected chi connectivity index (χ3v) is 2.79. The summed E-state index contributed by atoms with van der Waals surface area (Å²) < 4.78 is 2.05. The van der Waals surface area contributed by atoms with Crippen molar-refractivity contribution in [2.24, 2.45) is 0 Å². The monoisotopic (exact) mass is 207 g/mol. The molecule has 0 aliphatic heterocycles. The zero-order valence-corrected chi connectivity index (χ0v) is 9.58. The molecule has 3 heteroatoms. The lowest BCUT2D eigenvalue weighted by Gasteiger charge is -2.00. The Labute approximate surface area is 91.9 Å². The fourth-order valence-electron chi connectivity index (χ4n) is 1.77. The highest BCUT2D eigenvalue weighted by Gasteiger charge is 2.19. The van der Waals surface area contributed by atoms with E-state index in [1.165, 1.54) is 24.8 Å². The molecule has 0 saturated heterocycles. The first-order valence-electron chi connectivity index (χ1n) is 6.13. The van der Waals surface area contributed by atoms with E-state index in [9.17, 15) is 0 Å². The molecular weight excluding hydrogens is 186 g/mol. The van der Waals surface area contributed by atoms with Crippen molar-refractivity contribution in [2.75, 3.05) is 6.54 Å². The molecule has 1 aliphatic carbocycles. The number of aryl methyl sites for hydroxylation is 2. The van der Waals surface area contributed by atoms with E-state index < -0.39 is 0 Å². The highest BCUT2D eigenvalue weighted by molar-refractivity contribution is 5.03. The highest BCUT2D eigenvalue weighted by Crippen LogP contribution is 2.18. The minimum Gasteiger partial charge on any atom is -0.314 e. The van der Waals surface area contributed by atoms with Gasteiger partial charge in [0.05, 0.1) is 6.20 Å². The van der Waals surface area contributed by atoms with Crippen molar-refractivity contribution in [3.8, 4) is 0 Å². The van der Waals surface area contributed by atoms with Gasteiger partial charge in [-0.1, -0.05) is 6.92 Å². The van der Waals surface area contributed by atoms with Gasteiger partial charge in [0, 0.05) is 18.8 Å². The van der Waals surface area contributed by atoms with Gasteiger partial charge < -0.3 is 5.32 Å². The average Bonchev–Trinajstić information content (AvgIpc) is 2.95. The quantitative estimate of drug-likeness (QED) is 0.693. The molecule has 0 spiro atoms. The van der Waals surface area contributed by atoms with Gasteiger partial charge in [-0.15, -0.1) is 0 Å². The Bertz CT molecular complexity index is 289. The molecule has 0 aromatic carbocycles. The second-order valence-electron chi connectivity index (χ2n) is 4.44. The molecule has 1 aromatic heterocycles. The summed E-state index contributed by atoms with van der Waals surface area (Å²) in [6.07, 6.45) is 10.5. The van der Waals surface area contributed by atoms with Gasteiger partial charge in [-0.05, 0) is 44.2 Å². The van der Waals surface area contributed by atoms with Gasteiger partial charge in [0.2, 0.25) is 0 Å². The van der Waals surface area contributed by atoms with E-state index in [0.717, 1.165) is 32.0 Å². The van der Waals surface area contributed by atoms with Crippen LogP contribution in [-0.4, -0.2) is 22.4 Å². The van der Waals surface area contributed by atoms with E-state index in [4.69, 9.17) is 0 Å². The van der Waals surface area contributed by atoms with E-state index in [-0.39, 0.29) is 0 Å². The van der Waals surface area contributed by atoms with Crippen LogP contribution in [0.1, 0.15) is 38.2 Å². The summed E-state index contributed by atoms with van der Waals surface area (Å²) in [5.74, 6) is 0. The van der Waals surface area contributed by atoms with Crippen LogP contribution in [-0.2, 0) is 13.0 Å². The smallest absolute Gasteiger partial charge is 0.0521 e. The molecule has 84 valence electrons. The number of hydrogen-bond acceptors (Lipinski definition) is 2. The van der Waals surface area contributed by atoms with Crippen LogP contribution < -0.4 is 5.32 Å². The van der Waals surface area contributed by atoms with Crippen LogP contribution in [0.25, 0.3) is 0 Å². The SMILES string of the molecule is CCCn1cc(CCCNC2CC2)cn1. The van der Waals surface area contributed by atoms with Crippen molar-refractivity contribution in [3.63, 3.8) is 0 Å². The van der Waals surface area contributed by atoms with Crippen LogP contribution in [0.15, 0.2) is 12.4 Å². The molecule has 1 aromatic rings. The van der Waals surface area contributed by atoms with Gasteiger partial charge in [0.1, 0.15) is 0 Å². The standard InChI is InChI=1S/C12H21N3/c1-2-8-15-10-11(9-14-15)4-3-7-13-12-5-6-12/h9-10,12-13H,2-8H2,1H3. The third kappa shape index (κ3) is 3.67. The van der Waals surface area contributed by atoms with E-state index >= 15 is 0 Å². The van der Waals surface area contributed by atoms with Gasteiger partial charge in [0.25, 0.3) is 0 Å². The summed E-state index contributed by atoms with van der Waals surface area (Å²) in [5, 5.41) is 7.86. The van der Waals surface area contributed by atoms with E-state index in [1.807, 2.05) is 10.9 Å². The Morgan fingerprint density at radius 1 is 1.53 bits per heavy atom. The lowest BCUT2D eigenvalue weighted by molar-refractivity contribution is 0.601. The first-order chi connectivity index (χ1) is 7.38. The number of aromatic nitrogens is 2. The molecule has 0 atom stereocenters.